The molecule has 1 N–H and O–H groups in total. The zero-order valence-electron chi connectivity index (χ0n) is 8.41. The van der Waals surface area contributed by atoms with E-state index >= 15 is 0 Å². The second-order valence-corrected chi connectivity index (χ2v) is 3.86. The first kappa shape index (κ1) is 12.8. The molecule has 0 rings (SSSR count). The van der Waals surface area contributed by atoms with Gasteiger partial charge in [0, 0.05) is 6.04 Å². The summed E-state index contributed by atoms with van der Waals surface area (Å²) in [7, 11) is 0. The van der Waals surface area contributed by atoms with Crippen LogP contribution >= 0.6 is 0 Å². The van der Waals surface area contributed by atoms with E-state index in [4.69, 9.17) is 0 Å². The Kier molecular flexibility index (Phi) is 5.37. The number of rotatable bonds is 5. The molecule has 13 heavy (non-hydrogen) atoms. The van der Waals surface area contributed by atoms with Gasteiger partial charge in [0.2, 0.25) is 0 Å². The molecule has 1 nitrogen and oxygen atoms in total. The van der Waals surface area contributed by atoms with Crippen LogP contribution in [0.1, 0.15) is 33.6 Å². The van der Waals surface area contributed by atoms with Crippen molar-refractivity contribution in [2.24, 2.45) is 5.92 Å². The molecule has 0 bridgehead atoms. The predicted octanol–water partition coefficient (Wildman–Crippen LogP) is 2.96. The molecule has 0 aromatic carbocycles. The molecule has 4 heteroatoms. The van der Waals surface area contributed by atoms with Crippen LogP contribution < -0.4 is 5.32 Å². The van der Waals surface area contributed by atoms with Crippen molar-refractivity contribution in [1.82, 2.24) is 5.32 Å². The zero-order valence-corrected chi connectivity index (χ0v) is 8.41. The van der Waals surface area contributed by atoms with Gasteiger partial charge < -0.3 is 5.32 Å². The molecule has 0 saturated heterocycles. The average Bonchev–Trinajstić information content (AvgIpc) is 1.81. The standard InChI is InChI=1S/C9H18F3N/c1-7(2)4-5-13-8(3)6-9(10,11)12/h7-8,13H,4-6H2,1-3H3. The second-order valence-electron chi connectivity index (χ2n) is 3.86. The minimum Gasteiger partial charge on any atom is -0.314 e. The molecule has 1 atom stereocenters. The van der Waals surface area contributed by atoms with E-state index in [1.54, 1.807) is 6.92 Å². The first-order chi connectivity index (χ1) is 5.81. The Labute approximate surface area is 77.7 Å². The lowest BCUT2D eigenvalue weighted by Crippen LogP contribution is -2.32. The van der Waals surface area contributed by atoms with E-state index in [0.29, 0.717) is 12.5 Å². The molecule has 0 aliphatic carbocycles. The third kappa shape index (κ3) is 9.67. The number of hydrogen-bond donors (Lipinski definition) is 1. The highest BCUT2D eigenvalue weighted by atomic mass is 19.4. The summed E-state index contributed by atoms with van der Waals surface area (Å²) in [5.41, 5.74) is 0. The van der Waals surface area contributed by atoms with Gasteiger partial charge in [-0.1, -0.05) is 13.8 Å². The number of nitrogens with one attached hydrogen (secondary N) is 1. The van der Waals surface area contributed by atoms with E-state index in [0.717, 1.165) is 6.42 Å². The third-order valence-corrected chi connectivity index (χ3v) is 1.75. The molecule has 0 radical (unpaired) electrons. The molecule has 0 aliphatic rings. The van der Waals surface area contributed by atoms with Crippen LogP contribution in [0.2, 0.25) is 0 Å². The summed E-state index contributed by atoms with van der Waals surface area (Å²) in [4.78, 5) is 0. The maximum absolute atomic E-state index is 11.9. The van der Waals surface area contributed by atoms with Gasteiger partial charge >= 0.3 is 6.18 Å². The minimum atomic E-state index is -4.05. The van der Waals surface area contributed by atoms with Crippen LogP contribution in [-0.4, -0.2) is 18.8 Å². The van der Waals surface area contributed by atoms with Gasteiger partial charge in [-0.25, -0.2) is 0 Å². The van der Waals surface area contributed by atoms with Crippen molar-refractivity contribution in [3.05, 3.63) is 0 Å². The lowest BCUT2D eigenvalue weighted by atomic mass is 10.1. The molecular weight excluding hydrogens is 179 g/mol. The van der Waals surface area contributed by atoms with Crippen molar-refractivity contribution in [3.63, 3.8) is 0 Å². The molecule has 0 heterocycles. The first-order valence-electron chi connectivity index (χ1n) is 4.61. The largest absolute Gasteiger partial charge is 0.390 e. The fraction of sp³-hybridized carbons (Fsp3) is 1.00. The van der Waals surface area contributed by atoms with Gasteiger partial charge in [-0.15, -0.1) is 0 Å². The second kappa shape index (κ2) is 5.47. The summed E-state index contributed by atoms with van der Waals surface area (Å²) in [5, 5.41) is 2.85. The molecule has 1 unspecified atom stereocenters. The maximum atomic E-state index is 11.9. The van der Waals surface area contributed by atoms with Gasteiger partial charge in [0.25, 0.3) is 0 Å². The quantitative estimate of drug-likeness (QED) is 0.714. The van der Waals surface area contributed by atoms with E-state index < -0.39 is 18.6 Å². The topological polar surface area (TPSA) is 12.0 Å². The fourth-order valence-corrected chi connectivity index (χ4v) is 1.04. The van der Waals surface area contributed by atoms with Gasteiger partial charge in [0.05, 0.1) is 6.42 Å². The van der Waals surface area contributed by atoms with Gasteiger partial charge in [-0.2, -0.15) is 13.2 Å². The molecule has 0 aliphatic heterocycles. The Bertz CT molecular complexity index is 131. The van der Waals surface area contributed by atoms with Crippen molar-refractivity contribution in [2.75, 3.05) is 6.54 Å². The summed E-state index contributed by atoms with van der Waals surface area (Å²) in [5.74, 6) is 0.533. The van der Waals surface area contributed by atoms with Gasteiger partial charge in [0.1, 0.15) is 0 Å². The zero-order chi connectivity index (χ0) is 10.5. The summed E-state index contributed by atoms with van der Waals surface area (Å²) in [6.07, 6.45) is -3.88. The fourth-order valence-electron chi connectivity index (χ4n) is 1.04. The normalized spacial score (nSPS) is 15.0. The summed E-state index contributed by atoms with van der Waals surface area (Å²) >= 11 is 0. The van der Waals surface area contributed by atoms with Crippen LogP contribution in [0.15, 0.2) is 0 Å². The predicted molar refractivity (Wildman–Crippen MR) is 47.6 cm³/mol. The van der Waals surface area contributed by atoms with E-state index in [2.05, 4.69) is 19.2 Å². The Morgan fingerprint density at radius 1 is 1.15 bits per heavy atom. The minimum absolute atomic E-state index is 0.473. The van der Waals surface area contributed by atoms with Crippen molar-refractivity contribution in [1.29, 1.82) is 0 Å². The molecular formula is C9H18F3N. The smallest absolute Gasteiger partial charge is 0.314 e. The van der Waals surface area contributed by atoms with E-state index in [9.17, 15) is 13.2 Å². The highest BCUT2D eigenvalue weighted by molar-refractivity contribution is 4.65. The Morgan fingerprint density at radius 3 is 2.08 bits per heavy atom. The van der Waals surface area contributed by atoms with Gasteiger partial charge in [0.15, 0.2) is 0 Å². The molecule has 0 saturated carbocycles. The number of halogens is 3. The highest BCUT2D eigenvalue weighted by Gasteiger charge is 2.29. The van der Waals surface area contributed by atoms with E-state index in [1.165, 1.54) is 0 Å². The third-order valence-electron chi connectivity index (χ3n) is 1.75. The van der Waals surface area contributed by atoms with Crippen LogP contribution in [0.4, 0.5) is 13.2 Å². The Morgan fingerprint density at radius 2 is 1.69 bits per heavy atom. The lowest BCUT2D eigenvalue weighted by Gasteiger charge is -2.16. The summed E-state index contributed by atoms with van der Waals surface area (Å²) < 4.78 is 35.6. The van der Waals surface area contributed by atoms with Crippen molar-refractivity contribution in [3.8, 4) is 0 Å². The first-order valence-corrected chi connectivity index (χ1v) is 4.61. The molecule has 0 aromatic heterocycles. The molecule has 0 fully saturated rings. The molecule has 0 amide bonds. The molecule has 0 spiro atoms. The highest BCUT2D eigenvalue weighted by Crippen LogP contribution is 2.21. The Hall–Kier alpha value is -0.250. The van der Waals surface area contributed by atoms with Crippen LogP contribution in [0, 0.1) is 5.92 Å². The van der Waals surface area contributed by atoms with Crippen molar-refractivity contribution < 1.29 is 13.2 Å². The van der Waals surface area contributed by atoms with Crippen LogP contribution in [-0.2, 0) is 0 Å². The van der Waals surface area contributed by atoms with Crippen molar-refractivity contribution in [2.45, 2.75) is 45.8 Å². The Balaban J connectivity index is 3.46. The van der Waals surface area contributed by atoms with Crippen LogP contribution in [0.25, 0.3) is 0 Å². The molecule has 0 aromatic rings. The number of hydrogen-bond acceptors (Lipinski definition) is 1. The maximum Gasteiger partial charge on any atom is 0.390 e. The SMILES string of the molecule is CC(C)CCNC(C)CC(F)(F)F. The van der Waals surface area contributed by atoms with Crippen molar-refractivity contribution >= 4 is 0 Å². The van der Waals surface area contributed by atoms with E-state index in [-0.39, 0.29) is 0 Å². The van der Waals surface area contributed by atoms with Crippen LogP contribution in [0.3, 0.4) is 0 Å². The van der Waals surface area contributed by atoms with Gasteiger partial charge in [-0.05, 0) is 25.8 Å². The molecule has 80 valence electrons. The average molecular weight is 197 g/mol. The van der Waals surface area contributed by atoms with Gasteiger partial charge in [-0.3, -0.25) is 0 Å². The summed E-state index contributed by atoms with van der Waals surface area (Å²) in [6, 6.07) is -0.473. The monoisotopic (exact) mass is 197 g/mol. The van der Waals surface area contributed by atoms with E-state index in [1.807, 2.05) is 0 Å². The van der Waals surface area contributed by atoms with Crippen LogP contribution in [0.5, 0.6) is 0 Å². The summed E-state index contributed by atoms with van der Waals surface area (Å²) in [6.45, 7) is 6.33. The number of alkyl halides is 3. The lowest BCUT2D eigenvalue weighted by molar-refractivity contribution is -0.139.